The predicted octanol–water partition coefficient (Wildman–Crippen LogP) is 3.91. The van der Waals surface area contributed by atoms with Gasteiger partial charge in [0.15, 0.2) is 18.1 Å². The molecule has 0 aliphatic heterocycles. The average Bonchev–Trinajstić information content (AvgIpc) is 3.20. The van der Waals surface area contributed by atoms with Crippen LogP contribution >= 0.6 is 11.6 Å². The van der Waals surface area contributed by atoms with E-state index in [0.717, 1.165) is 6.07 Å². The lowest BCUT2D eigenvalue weighted by Gasteiger charge is -2.12. The standard InChI is InChI=1S/C19H16ClFN2O6/c1-25-13-7-10(8-14(26-2)17(13)27-3)18-23-22-15(29-18)9-28-19(24)16-11(20)5-4-6-12(16)21/h4-8H,9H2,1-3H3. The first-order valence-electron chi connectivity index (χ1n) is 8.22. The molecule has 1 aromatic heterocycles. The van der Waals surface area contributed by atoms with Gasteiger partial charge in [0, 0.05) is 5.56 Å². The van der Waals surface area contributed by atoms with Crippen molar-refractivity contribution in [1.29, 1.82) is 0 Å². The molecule has 1 heterocycles. The summed E-state index contributed by atoms with van der Waals surface area (Å²) in [7, 11) is 4.45. The Balaban J connectivity index is 1.79. The van der Waals surface area contributed by atoms with Crippen LogP contribution in [0.1, 0.15) is 16.2 Å². The average molecular weight is 423 g/mol. The maximum absolute atomic E-state index is 13.8. The van der Waals surface area contributed by atoms with Crippen LogP contribution in [-0.4, -0.2) is 37.5 Å². The van der Waals surface area contributed by atoms with Crippen molar-refractivity contribution in [3.05, 3.63) is 52.6 Å². The molecule has 0 amide bonds. The van der Waals surface area contributed by atoms with Gasteiger partial charge in [0.1, 0.15) is 11.4 Å². The lowest BCUT2D eigenvalue weighted by atomic mass is 10.2. The highest BCUT2D eigenvalue weighted by Gasteiger charge is 2.20. The van der Waals surface area contributed by atoms with Gasteiger partial charge < -0.3 is 23.4 Å². The van der Waals surface area contributed by atoms with Crippen LogP contribution in [0.4, 0.5) is 4.39 Å². The molecule has 8 nitrogen and oxygen atoms in total. The number of rotatable bonds is 7. The minimum Gasteiger partial charge on any atom is -0.493 e. The van der Waals surface area contributed by atoms with E-state index in [0.29, 0.717) is 22.8 Å². The Labute approximate surface area is 170 Å². The van der Waals surface area contributed by atoms with Gasteiger partial charge in [-0.15, -0.1) is 10.2 Å². The lowest BCUT2D eigenvalue weighted by Crippen LogP contribution is -2.08. The summed E-state index contributed by atoms with van der Waals surface area (Å²) in [4.78, 5) is 12.1. The van der Waals surface area contributed by atoms with E-state index in [2.05, 4.69) is 10.2 Å². The Hall–Kier alpha value is -3.33. The summed E-state index contributed by atoms with van der Waals surface area (Å²) in [6.07, 6.45) is 0. The van der Waals surface area contributed by atoms with Crippen molar-refractivity contribution in [3.8, 4) is 28.7 Å². The van der Waals surface area contributed by atoms with Crippen LogP contribution in [0.5, 0.6) is 17.2 Å². The van der Waals surface area contributed by atoms with Gasteiger partial charge >= 0.3 is 5.97 Å². The molecule has 0 spiro atoms. The van der Waals surface area contributed by atoms with E-state index in [1.54, 1.807) is 12.1 Å². The summed E-state index contributed by atoms with van der Waals surface area (Å²) < 4.78 is 40.2. The second kappa shape index (κ2) is 8.78. The maximum Gasteiger partial charge on any atom is 0.343 e. The fraction of sp³-hybridized carbons (Fsp3) is 0.211. The second-order valence-electron chi connectivity index (χ2n) is 5.59. The molecule has 0 bridgehead atoms. The molecule has 0 unspecified atom stereocenters. The molecule has 0 fully saturated rings. The number of carbonyl (C=O) groups is 1. The van der Waals surface area contributed by atoms with Crippen molar-refractivity contribution in [1.82, 2.24) is 10.2 Å². The zero-order valence-corrected chi connectivity index (χ0v) is 16.4. The highest BCUT2D eigenvalue weighted by Crippen LogP contribution is 2.40. The topological polar surface area (TPSA) is 92.9 Å². The van der Waals surface area contributed by atoms with Crippen LogP contribution in [0, 0.1) is 5.82 Å². The molecule has 152 valence electrons. The number of benzene rings is 2. The molecule has 10 heteroatoms. The summed E-state index contributed by atoms with van der Waals surface area (Å²) in [5.41, 5.74) is 0.139. The minimum atomic E-state index is -0.944. The normalized spacial score (nSPS) is 10.5. The van der Waals surface area contributed by atoms with E-state index in [1.807, 2.05) is 0 Å². The monoisotopic (exact) mass is 422 g/mol. The smallest absolute Gasteiger partial charge is 0.343 e. The molecule has 0 saturated carbocycles. The van der Waals surface area contributed by atoms with Gasteiger partial charge in [0.05, 0.1) is 26.4 Å². The van der Waals surface area contributed by atoms with E-state index < -0.39 is 11.8 Å². The molecule has 0 aliphatic rings. The first-order valence-corrected chi connectivity index (χ1v) is 8.60. The van der Waals surface area contributed by atoms with E-state index in [4.69, 9.17) is 35.0 Å². The Morgan fingerprint density at radius 2 is 1.79 bits per heavy atom. The Morgan fingerprint density at radius 3 is 2.38 bits per heavy atom. The first-order chi connectivity index (χ1) is 14.0. The van der Waals surface area contributed by atoms with Gasteiger partial charge in [-0.25, -0.2) is 9.18 Å². The third-order valence-corrected chi connectivity index (χ3v) is 4.19. The van der Waals surface area contributed by atoms with Gasteiger partial charge in [-0.1, -0.05) is 17.7 Å². The second-order valence-corrected chi connectivity index (χ2v) is 5.99. The quantitative estimate of drug-likeness (QED) is 0.529. The Morgan fingerprint density at radius 1 is 1.10 bits per heavy atom. The summed E-state index contributed by atoms with van der Waals surface area (Å²) >= 11 is 5.85. The zero-order chi connectivity index (χ0) is 21.0. The number of hydrogen-bond acceptors (Lipinski definition) is 8. The molecule has 29 heavy (non-hydrogen) atoms. The lowest BCUT2D eigenvalue weighted by molar-refractivity contribution is 0.0433. The van der Waals surface area contributed by atoms with Crippen LogP contribution in [0.25, 0.3) is 11.5 Å². The molecule has 0 saturated heterocycles. The van der Waals surface area contributed by atoms with Crippen molar-refractivity contribution in [2.24, 2.45) is 0 Å². The van der Waals surface area contributed by atoms with E-state index in [-0.39, 0.29) is 29.0 Å². The van der Waals surface area contributed by atoms with E-state index in [9.17, 15) is 9.18 Å². The van der Waals surface area contributed by atoms with Crippen molar-refractivity contribution in [2.75, 3.05) is 21.3 Å². The van der Waals surface area contributed by atoms with Gasteiger partial charge in [-0.2, -0.15) is 0 Å². The number of methoxy groups -OCH3 is 3. The van der Waals surface area contributed by atoms with Gasteiger partial charge in [0.2, 0.25) is 11.6 Å². The molecule has 3 rings (SSSR count). The predicted molar refractivity (Wildman–Crippen MR) is 99.9 cm³/mol. The molecular weight excluding hydrogens is 407 g/mol. The number of halogens is 2. The number of esters is 1. The summed E-state index contributed by atoms with van der Waals surface area (Å²) in [6, 6.07) is 7.14. The summed E-state index contributed by atoms with van der Waals surface area (Å²) in [6.45, 7) is -0.360. The van der Waals surface area contributed by atoms with Crippen LogP contribution in [-0.2, 0) is 11.3 Å². The minimum absolute atomic E-state index is 0.00886. The Kier molecular flexibility index (Phi) is 6.18. The third kappa shape index (κ3) is 4.24. The van der Waals surface area contributed by atoms with Crippen molar-refractivity contribution in [2.45, 2.75) is 6.61 Å². The van der Waals surface area contributed by atoms with E-state index >= 15 is 0 Å². The van der Waals surface area contributed by atoms with Crippen molar-refractivity contribution < 1.29 is 32.5 Å². The molecule has 0 aliphatic carbocycles. The van der Waals surface area contributed by atoms with Crippen LogP contribution in [0.2, 0.25) is 5.02 Å². The van der Waals surface area contributed by atoms with Crippen LogP contribution in [0.3, 0.4) is 0 Å². The molecule has 0 atom stereocenters. The number of ether oxygens (including phenoxy) is 4. The molecule has 2 aromatic carbocycles. The summed E-state index contributed by atoms with van der Waals surface area (Å²) in [5.74, 6) is -0.362. The fourth-order valence-electron chi connectivity index (χ4n) is 2.53. The number of carbonyl (C=O) groups excluding carboxylic acids is 1. The fourth-order valence-corrected chi connectivity index (χ4v) is 2.77. The largest absolute Gasteiger partial charge is 0.493 e. The van der Waals surface area contributed by atoms with Gasteiger partial charge in [-0.3, -0.25) is 0 Å². The number of aromatic nitrogens is 2. The first kappa shape index (κ1) is 20.4. The van der Waals surface area contributed by atoms with Gasteiger partial charge in [0.25, 0.3) is 5.89 Å². The SMILES string of the molecule is COc1cc(-c2nnc(COC(=O)c3c(F)cccc3Cl)o2)cc(OC)c1OC. The van der Waals surface area contributed by atoms with Gasteiger partial charge in [-0.05, 0) is 24.3 Å². The highest BCUT2D eigenvalue weighted by atomic mass is 35.5. The molecule has 0 radical (unpaired) electrons. The third-order valence-electron chi connectivity index (χ3n) is 3.87. The molecular formula is C19H16ClFN2O6. The van der Waals surface area contributed by atoms with Crippen molar-refractivity contribution >= 4 is 17.6 Å². The van der Waals surface area contributed by atoms with Crippen LogP contribution < -0.4 is 14.2 Å². The molecule has 0 N–H and O–H groups in total. The Bertz CT molecular complexity index is 994. The van der Waals surface area contributed by atoms with Crippen molar-refractivity contribution in [3.63, 3.8) is 0 Å². The zero-order valence-electron chi connectivity index (χ0n) is 15.7. The van der Waals surface area contributed by atoms with E-state index in [1.165, 1.54) is 33.5 Å². The number of nitrogens with zero attached hydrogens (tertiary/aromatic N) is 2. The summed E-state index contributed by atoms with van der Waals surface area (Å²) in [5, 5.41) is 7.68. The number of hydrogen-bond donors (Lipinski definition) is 0. The molecule has 3 aromatic rings. The van der Waals surface area contributed by atoms with Crippen LogP contribution in [0.15, 0.2) is 34.7 Å². The highest BCUT2D eigenvalue weighted by molar-refractivity contribution is 6.33. The maximum atomic E-state index is 13.8.